The summed E-state index contributed by atoms with van der Waals surface area (Å²) in [4.78, 5) is 20.8. The fraction of sp³-hybridized carbons (Fsp3) is 0.231. The first-order chi connectivity index (χ1) is 9.29. The van der Waals surface area contributed by atoms with Crippen molar-refractivity contribution in [1.82, 2.24) is 15.0 Å². The van der Waals surface area contributed by atoms with Crippen LogP contribution in [0.25, 0.3) is 0 Å². The van der Waals surface area contributed by atoms with Crippen LogP contribution < -0.4 is 11.2 Å². The highest BCUT2D eigenvalue weighted by atomic mass is 16.6. The number of carbonyl (C=O) groups is 1. The summed E-state index contributed by atoms with van der Waals surface area (Å²) < 4.78 is 1.76. The van der Waals surface area contributed by atoms with Gasteiger partial charge in [-0.1, -0.05) is 30.3 Å². The molecule has 0 saturated carbocycles. The molecule has 3 N–H and O–H groups in total. The Labute approximate surface area is 111 Å². The summed E-state index contributed by atoms with van der Waals surface area (Å²) in [7, 11) is 0. The number of hydrogen-bond donors (Lipinski definition) is 2. The fourth-order valence-corrected chi connectivity index (χ4v) is 1.56. The number of nitrogens with two attached hydrogens (primary N) is 1. The summed E-state index contributed by atoms with van der Waals surface area (Å²) in [6.45, 7) is 1.45. The highest BCUT2D eigenvalue weighted by Crippen LogP contribution is 2.00. The number of rotatable bonds is 6. The maximum atomic E-state index is 11.7. The van der Waals surface area contributed by atoms with E-state index in [1.165, 1.54) is 0 Å². The van der Waals surface area contributed by atoms with E-state index >= 15 is 0 Å². The minimum atomic E-state index is -0.369. The minimum Gasteiger partial charge on any atom is -0.335 e. The van der Waals surface area contributed by atoms with Crippen molar-refractivity contribution in [2.75, 3.05) is 6.54 Å². The SMILES string of the molecule is NCCn1cnc(C(=O)NOCc2ccccc2)c1. The van der Waals surface area contributed by atoms with Gasteiger partial charge in [0.2, 0.25) is 0 Å². The van der Waals surface area contributed by atoms with Gasteiger partial charge in [-0.2, -0.15) is 0 Å². The lowest BCUT2D eigenvalue weighted by Crippen LogP contribution is -2.23. The minimum absolute atomic E-state index is 0.307. The molecule has 0 atom stereocenters. The average molecular weight is 260 g/mol. The molecule has 6 nitrogen and oxygen atoms in total. The number of hydrogen-bond acceptors (Lipinski definition) is 4. The standard InChI is InChI=1S/C13H16N4O2/c14-6-7-17-8-12(15-10-17)13(18)16-19-9-11-4-2-1-3-5-11/h1-5,8,10H,6-7,9,14H2,(H,16,18). The predicted molar refractivity (Wildman–Crippen MR) is 70.0 cm³/mol. The Morgan fingerprint density at radius 2 is 2.16 bits per heavy atom. The van der Waals surface area contributed by atoms with Crippen LogP contribution in [-0.2, 0) is 18.0 Å². The van der Waals surface area contributed by atoms with Crippen LogP contribution in [0, 0.1) is 0 Å². The molecule has 0 aliphatic heterocycles. The van der Waals surface area contributed by atoms with E-state index < -0.39 is 0 Å². The maximum Gasteiger partial charge on any atom is 0.295 e. The van der Waals surface area contributed by atoms with Gasteiger partial charge in [-0.05, 0) is 5.56 Å². The molecule has 0 aliphatic carbocycles. The quantitative estimate of drug-likeness (QED) is 0.749. The van der Waals surface area contributed by atoms with Gasteiger partial charge in [0.1, 0.15) is 5.69 Å². The van der Waals surface area contributed by atoms with E-state index in [1.54, 1.807) is 17.1 Å². The van der Waals surface area contributed by atoms with E-state index in [1.807, 2.05) is 30.3 Å². The van der Waals surface area contributed by atoms with Gasteiger partial charge in [0, 0.05) is 19.3 Å². The van der Waals surface area contributed by atoms with E-state index in [9.17, 15) is 4.79 Å². The van der Waals surface area contributed by atoms with Gasteiger partial charge in [-0.25, -0.2) is 10.5 Å². The second-order valence-corrected chi connectivity index (χ2v) is 3.99. The molecule has 2 aromatic rings. The van der Waals surface area contributed by atoms with Crippen molar-refractivity contribution < 1.29 is 9.63 Å². The van der Waals surface area contributed by atoms with Crippen LogP contribution in [0.15, 0.2) is 42.9 Å². The zero-order chi connectivity index (χ0) is 13.5. The van der Waals surface area contributed by atoms with E-state index in [4.69, 9.17) is 10.6 Å². The molecule has 1 amide bonds. The summed E-state index contributed by atoms with van der Waals surface area (Å²) >= 11 is 0. The first-order valence-electron chi connectivity index (χ1n) is 5.97. The monoisotopic (exact) mass is 260 g/mol. The highest BCUT2D eigenvalue weighted by Gasteiger charge is 2.08. The molecule has 100 valence electrons. The van der Waals surface area contributed by atoms with Crippen LogP contribution in [-0.4, -0.2) is 22.0 Å². The molecule has 0 bridgehead atoms. The van der Waals surface area contributed by atoms with Crippen molar-refractivity contribution in [2.45, 2.75) is 13.2 Å². The Morgan fingerprint density at radius 1 is 1.37 bits per heavy atom. The topological polar surface area (TPSA) is 82.2 Å². The number of imidazole rings is 1. The van der Waals surface area contributed by atoms with Crippen molar-refractivity contribution in [3.05, 3.63) is 54.1 Å². The van der Waals surface area contributed by atoms with E-state index in [-0.39, 0.29) is 5.91 Å². The summed E-state index contributed by atoms with van der Waals surface area (Å²) in [5.74, 6) is -0.369. The maximum absolute atomic E-state index is 11.7. The third kappa shape index (κ3) is 3.90. The number of aromatic nitrogens is 2. The molecular weight excluding hydrogens is 244 g/mol. The number of nitrogens with one attached hydrogen (secondary N) is 1. The fourth-order valence-electron chi connectivity index (χ4n) is 1.56. The zero-order valence-corrected chi connectivity index (χ0v) is 10.5. The van der Waals surface area contributed by atoms with Crippen LogP contribution in [0.2, 0.25) is 0 Å². The summed E-state index contributed by atoms with van der Waals surface area (Å²) in [6.07, 6.45) is 3.20. The van der Waals surface area contributed by atoms with Gasteiger partial charge >= 0.3 is 0 Å². The molecule has 6 heteroatoms. The molecule has 1 aromatic carbocycles. The Bertz CT molecular complexity index is 524. The zero-order valence-electron chi connectivity index (χ0n) is 10.5. The smallest absolute Gasteiger partial charge is 0.295 e. The normalized spacial score (nSPS) is 10.4. The van der Waals surface area contributed by atoms with Crippen molar-refractivity contribution in [3.63, 3.8) is 0 Å². The third-order valence-corrected chi connectivity index (χ3v) is 2.50. The van der Waals surface area contributed by atoms with Crippen LogP contribution >= 0.6 is 0 Å². The Morgan fingerprint density at radius 3 is 2.89 bits per heavy atom. The molecule has 0 radical (unpaired) electrons. The first kappa shape index (κ1) is 13.3. The summed E-state index contributed by atoms with van der Waals surface area (Å²) in [5.41, 5.74) is 9.06. The Balaban J connectivity index is 1.80. The number of amides is 1. The van der Waals surface area contributed by atoms with Crippen molar-refractivity contribution in [1.29, 1.82) is 0 Å². The van der Waals surface area contributed by atoms with Gasteiger partial charge < -0.3 is 10.3 Å². The van der Waals surface area contributed by atoms with Crippen molar-refractivity contribution in [2.24, 2.45) is 5.73 Å². The molecule has 1 heterocycles. The van der Waals surface area contributed by atoms with Crippen molar-refractivity contribution in [3.8, 4) is 0 Å². The highest BCUT2D eigenvalue weighted by molar-refractivity contribution is 5.91. The molecule has 19 heavy (non-hydrogen) atoms. The lowest BCUT2D eigenvalue weighted by Gasteiger charge is -2.04. The molecule has 0 aliphatic rings. The Kier molecular flexibility index (Phi) is 4.66. The van der Waals surface area contributed by atoms with E-state index in [0.717, 1.165) is 5.56 Å². The number of benzene rings is 1. The van der Waals surface area contributed by atoms with Gasteiger partial charge in [-0.3, -0.25) is 9.63 Å². The molecule has 2 rings (SSSR count). The van der Waals surface area contributed by atoms with Crippen LogP contribution in [0.3, 0.4) is 0 Å². The van der Waals surface area contributed by atoms with Crippen LogP contribution in [0.4, 0.5) is 0 Å². The molecule has 0 spiro atoms. The second kappa shape index (κ2) is 6.67. The summed E-state index contributed by atoms with van der Waals surface area (Å²) in [5, 5.41) is 0. The molecular formula is C13H16N4O2. The lowest BCUT2D eigenvalue weighted by atomic mass is 10.2. The average Bonchev–Trinajstić information content (AvgIpc) is 2.89. The van der Waals surface area contributed by atoms with E-state index in [0.29, 0.717) is 25.4 Å². The van der Waals surface area contributed by atoms with Gasteiger partial charge in [0.15, 0.2) is 0 Å². The second-order valence-electron chi connectivity index (χ2n) is 3.99. The number of hydroxylamine groups is 1. The van der Waals surface area contributed by atoms with Crippen LogP contribution in [0.1, 0.15) is 16.1 Å². The molecule has 0 unspecified atom stereocenters. The molecule has 1 aromatic heterocycles. The first-order valence-corrected chi connectivity index (χ1v) is 5.97. The van der Waals surface area contributed by atoms with Crippen molar-refractivity contribution >= 4 is 5.91 Å². The summed E-state index contributed by atoms with van der Waals surface area (Å²) in [6, 6.07) is 9.58. The van der Waals surface area contributed by atoms with Gasteiger partial charge in [0.25, 0.3) is 5.91 Å². The van der Waals surface area contributed by atoms with E-state index in [2.05, 4.69) is 10.5 Å². The lowest BCUT2D eigenvalue weighted by molar-refractivity contribution is 0.0229. The van der Waals surface area contributed by atoms with Crippen LogP contribution in [0.5, 0.6) is 0 Å². The third-order valence-electron chi connectivity index (χ3n) is 2.50. The number of nitrogens with zero attached hydrogens (tertiary/aromatic N) is 2. The Hall–Kier alpha value is -2.18. The molecule has 0 saturated heterocycles. The van der Waals surface area contributed by atoms with Gasteiger partial charge in [0.05, 0.1) is 12.9 Å². The molecule has 0 fully saturated rings. The largest absolute Gasteiger partial charge is 0.335 e. The predicted octanol–water partition coefficient (Wildman–Crippen LogP) is 0.703. The number of carbonyl (C=O) groups excluding carboxylic acids is 1. The van der Waals surface area contributed by atoms with Gasteiger partial charge in [-0.15, -0.1) is 0 Å².